The first kappa shape index (κ1) is 19.9. The van der Waals surface area contributed by atoms with Gasteiger partial charge >= 0.3 is 5.97 Å². The van der Waals surface area contributed by atoms with Crippen molar-refractivity contribution in [1.82, 2.24) is 0 Å². The van der Waals surface area contributed by atoms with E-state index in [4.69, 9.17) is 23.7 Å². The highest BCUT2D eigenvalue weighted by molar-refractivity contribution is 5.75. The van der Waals surface area contributed by atoms with Crippen LogP contribution in [0.3, 0.4) is 0 Å². The minimum absolute atomic E-state index is 0.0960. The van der Waals surface area contributed by atoms with E-state index >= 15 is 0 Å². The summed E-state index contributed by atoms with van der Waals surface area (Å²) in [5.41, 5.74) is 2.09. The summed E-state index contributed by atoms with van der Waals surface area (Å²) in [6.45, 7) is 0.422. The maximum atomic E-state index is 12.4. The number of cyclic esters (lactones) is 1. The van der Waals surface area contributed by atoms with Gasteiger partial charge in [0.15, 0.2) is 23.0 Å². The van der Waals surface area contributed by atoms with Gasteiger partial charge in [-0.15, -0.1) is 0 Å². The lowest BCUT2D eigenvalue weighted by Crippen LogP contribution is -2.20. The van der Waals surface area contributed by atoms with Gasteiger partial charge in [-0.3, -0.25) is 4.79 Å². The van der Waals surface area contributed by atoms with E-state index in [0.29, 0.717) is 36.0 Å². The molecule has 0 amide bonds. The lowest BCUT2D eigenvalue weighted by atomic mass is 9.85. The molecule has 2 aromatic rings. The summed E-state index contributed by atoms with van der Waals surface area (Å²) in [7, 11) is 6.43. The number of benzene rings is 2. The SMILES string of the molecule is COc1ccc(C[C@@H]2COC(=O)[C@@H]2Cc2ccc(OC)c(OC)c2)cc1OC. The predicted octanol–water partition coefficient (Wildman–Crippen LogP) is 3.30. The Morgan fingerprint density at radius 2 is 1.29 bits per heavy atom. The molecular formula is C22H26O6. The van der Waals surface area contributed by atoms with Gasteiger partial charge in [0.2, 0.25) is 0 Å². The summed E-state index contributed by atoms with van der Waals surface area (Å²) in [5.74, 6) is 2.43. The van der Waals surface area contributed by atoms with Crippen LogP contribution in [0, 0.1) is 11.8 Å². The van der Waals surface area contributed by atoms with Crippen molar-refractivity contribution < 1.29 is 28.5 Å². The fourth-order valence-corrected chi connectivity index (χ4v) is 3.63. The summed E-state index contributed by atoms with van der Waals surface area (Å²) in [5, 5.41) is 0. The number of hydrogen-bond acceptors (Lipinski definition) is 6. The van der Waals surface area contributed by atoms with Gasteiger partial charge in [-0.1, -0.05) is 12.1 Å². The van der Waals surface area contributed by atoms with Crippen molar-refractivity contribution in [3.8, 4) is 23.0 Å². The molecule has 2 aromatic carbocycles. The van der Waals surface area contributed by atoms with Gasteiger partial charge < -0.3 is 23.7 Å². The summed E-state index contributed by atoms with van der Waals surface area (Å²) in [6, 6.07) is 11.6. The molecule has 0 radical (unpaired) electrons. The van der Waals surface area contributed by atoms with Gasteiger partial charge in [-0.05, 0) is 48.2 Å². The Bertz CT molecular complexity index is 832. The second-order valence-electron chi connectivity index (χ2n) is 6.78. The molecule has 0 aromatic heterocycles. The molecule has 1 heterocycles. The van der Waals surface area contributed by atoms with Crippen molar-refractivity contribution in [3.05, 3.63) is 47.5 Å². The molecule has 0 saturated carbocycles. The third-order valence-corrected chi connectivity index (χ3v) is 5.16. The van der Waals surface area contributed by atoms with Crippen LogP contribution < -0.4 is 18.9 Å². The lowest BCUT2D eigenvalue weighted by molar-refractivity contribution is -0.141. The molecule has 0 spiro atoms. The quantitative estimate of drug-likeness (QED) is 0.649. The van der Waals surface area contributed by atoms with Gasteiger partial charge in [0.1, 0.15) is 0 Å². The number of carbonyl (C=O) groups is 1. The smallest absolute Gasteiger partial charge is 0.309 e. The minimum atomic E-state index is -0.203. The van der Waals surface area contributed by atoms with Crippen LogP contribution in [0.1, 0.15) is 11.1 Å². The fourth-order valence-electron chi connectivity index (χ4n) is 3.63. The van der Waals surface area contributed by atoms with Crippen LogP contribution in [0.5, 0.6) is 23.0 Å². The van der Waals surface area contributed by atoms with E-state index in [-0.39, 0.29) is 17.8 Å². The third kappa shape index (κ3) is 4.16. The highest BCUT2D eigenvalue weighted by atomic mass is 16.5. The molecule has 1 aliphatic rings. The first-order valence-corrected chi connectivity index (χ1v) is 9.18. The second kappa shape index (κ2) is 8.87. The molecule has 6 nitrogen and oxygen atoms in total. The maximum Gasteiger partial charge on any atom is 0.309 e. The third-order valence-electron chi connectivity index (χ3n) is 5.16. The van der Waals surface area contributed by atoms with Crippen molar-refractivity contribution in [1.29, 1.82) is 0 Å². The summed E-state index contributed by atoms with van der Waals surface area (Å²) in [4.78, 5) is 12.4. The number of esters is 1. The van der Waals surface area contributed by atoms with Crippen LogP contribution in [0.25, 0.3) is 0 Å². The monoisotopic (exact) mass is 386 g/mol. The fraction of sp³-hybridized carbons (Fsp3) is 0.409. The maximum absolute atomic E-state index is 12.4. The number of methoxy groups -OCH3 is 4. The van der Waals surface area contributed by atoms with E-state index in [1.165, 1.54) is 0 Å². The largest absolute Gasteiger partial charge is 0.493 e. The van der Waals surface area contributed by atoms with Crippen molar-refractivity contribution in [2.24, 2.45) is 11.8 Å². The van der Waals surface area contributed by atoms with Crippen molar-refractivity contribution in [2.75, 3.05) is 35.0 Å². The molecule has 0 bridgehead atoms. The zero-order chi connectivity index (χ0) is 20.1. The zero-order valence-corrected chi connectivity index (χ0v) is 16.7. The predicted molar refractivity (Wildman–Crippen MR) is 104 cm³/mol. The first-order chi connectivity index (χ1) is 13.6. The Labute approximate surface area is 165 Å². The highest BCUT2D eigenvalue weighted by Crippen LogP contribution is 2.34. The molecule has 3 rings (SSSR count). The Kier molecular flexibility index (Phi) is 6.29. The molecule has 6 heteroatoms. The van der Waals surface area contributed by atoms with E-state index in [1.807, 2.05) is 36.4 Å². The first-order valence-electron chi connectivity index (χ1n) is 9.18. The molecule has 2 atom stereocenters. The Morgan fingerprint density at radius 3 is 1.79 bits per heavy atom. The van der Waals surface area contributed by atoms with Crippen LogP contribution in [-0.4, -0.2) is 41.0 Å². The standard InChI is InChI=1S/C22H26O6/c1-24-18-7-5-14(11-20(18)26-3)9-16-13-28-22(23)17(16)10-15-6-8-19(25-2)21(12-15)27-4/h5-8,11-12,16-17H,9-10,13H2,1-4H3/t16-,17-/m1/s1. The second-order valence-corrected chi connectivity index (χ2v) is 6.78. The molecular weight excluding hydrogens is 360 g/mol. The van der Waals surface area contributed by atoms with Crippen LogP contribution in [0.15, 0.2) is 36.4 Å². The molecule has 1 saturated heterocycles. The van der Waals surface area contributed by atoms with E-state index in [9.17, 15) is 4.79 Å². The Morgan fingerprint density at radius 1 is 0.786 bits per heavy atom. The van der Waals surface area contributed by atoms with Crippen molar-refractivity contribution >= 4 is 5.97 Å². The average Bonchev–Trinajstić information content (AvgIpc) is 3.06. The summed E-state index contributed by atoms with van der Waals surface area (Å²) < 4.78 is 26.7. The minimum Gasteiger partial charge on any atom is -0.493 e. The number of hydrogen-bond donors (Lipinski definition) is 0. The number of rotatable bonds is 8. The zero-order valence-electron chi connectivity index (χ0n) is 16.7. The highest BCUT2D eigenvalue weighted by Gasteiger charge is 2.37. The van der Waals surface area contributed by atoms with Gasteiger partial charge in [-0.2, -0.15) is 0 Å². The molecule has 1 fully saturated rings. The van der Waals surface area contributed by atoms with Gasteiger partial charge in [0.05, 0.1) is 41.0 Å². The number of carbonyl (C=O) groups excluding carboxylic acids is 1. The van der Waals surface area contributed by atoms with Crippen molar-refractivity contribution in [3.63, 3.8) is 0 Å². The van der Waals surface area contributed by atoms with E-state index in [1.54, 1.807) is 28.4 Å². The lowest BCUT2D eigenvalue weighted by Gasteiger charge is -2.17. The van der Waals surface area contributed by atoms with Crippen LogP contribution >= 0.6 is 0 Å². The molecule has 0 aliphatic carbocycles. The van der Waals surface area contributed by atoms with Gasteiger partial charge in [0, 0.05) is 5.92 Å². The van der Waals surface area contributed by atoms with E-state index in [2.05, 4.69) is 0 Å². The van der Waals surface area contributed by atoms with E-state index < -0.39 is 0 Å². The molecule has 0 unspecified atom stereocenters. The molecule has 0 N–H and O–H groups in total. The van der Waals surface area contributed by atoms with Gasteiger partial charge in [0.25, 0.3) is 0 Å². The summed E-state index contributed by atoms with van der Waals surface area (Å²) >= 11 is 0. The van der Waals surface area contributed by atoms with Gasteiger partial charge in [-0.25, -0.2) is 0 Å². The molecule has 1 aliphatic heterocycles. The van der Waals surface area contributed by atoms with E-state index in [0.717, 1.165) is 17.5 Å². The molecule has 28 heavy (non-hydrogen) atoms. The Hall–Kier alpha value is -2.89. The van der Waals surface area contributed by atoms with Crippen LogP contribution in [-0.2, 0) is 22.4 Å². The van der Waals surface area contributed by atoms with Crippen LogP contribution in [0.2, 0.25) is 0 Å². The Balaban J connectivity index is 1.76. The molecule has 150 valence electrons. The normalized spacial score (nSPS) is 18.5. The van der Waals surface area contributed by atoms with Crippen LogP contribution in [0.4, 0.5) is 0 Å². The van der Waals surface area contributed by atoms with Crippen molar-refractivity contribution in [2.45, 2.75) is 12.8 Å². The summed E-state index contributed by atoms with van der Waals surface area (Å²) in [6.07, 6.45) is 1.32. The number of ether oxygens (including phenoxy) is 5. The average molecular weight is 386 g/mol. The topological polar surface area (TPSA) is 63.2 Å².